The van der Waals surface area contributed by atoms with Crippen LogP contribution in [0.25, 0.3) is 0 Å². The summed E-state index contributed by atoms with van der Waals surface area (Å²) in [5.41, 5.74) is -0.0663. The van der Waals surface area contributed by atoms with Gasteiger partial charge in [0.15, 0.2) is 11.6 Å². The molecule has 0 bridgehead atoms. The van der Waals surface area contributed by atoms with Gasteiger partial charge in [-0.3, -0.25) is 4.72 Å². The molecule has 1 aliphatic rings. The molecule has 3 rings (SSSR count). The number of hydrogen-bond acceptors (Lipinski definition) is 5. The zero-order chi connectivity index (χ0) is 18.6. The normalized spacial score (nSPS) is 17.7. The van der Waals surface area contributed by atoms with E-state index in [9.17, 15) is 17.2 Å². The molecule has 2 heterocycles. The second-order valence-corrected chi connectivity index (χ2v) is 7.76. The maximum atomic E-state index is 13.2. The number of nitrogens with one attached hydrogen (secondary N) is 2. The Morgan fingerprint density at radius 3 is 2.69 bits per heavy atom. The molecule has 0 spiro atoms. The number of halogens is 2. The zero-order valence-corrected chi connectivity index (χ0v) is 14.7. The second-order valence-electron chi connectivity index (χ2n) is 6.08. The summed E-state index contributed by atoms with van der Waals surface area (Å²) in [6.07, 6.45) is 3.33. The van der Waals surface area contributed by atoms with Crippen LogP contribution >= 0.6 is 0 Å². The van der Waals surface area contributed by atoms with E-state index in [4.69, 9.17) is 4.74 Å². The summed E-state index contributed by atoms with van der Waals surface area (Å²) in [6.45, 7) is 2.20. The van der Waals surface area contributed by atoms with Crippen molar-refractivity contribution in [3.63, 3.8) is 0 Å². The van der Waals surface area contributed by atoms with Crippen molar-refractivity contribution >= 4 is 21.5 Å². The van der Waals surface area contributed by atoms with Crippen LogP contribution in [0.15, 0.2) is 41.4 Å². The molecular formula is C17H19F2N3O3S. The lowest BCUT2D eigenvalue weighted by molar-refractivity contribution is 0.0595. The van der Waals surface area contributed by atoms with Crippen LogP contribution in [0.3, 0.4) is 0 Å². The van der Waals surface area contributed by atoms with Crippen LogP contribution in [-0.4, -0.2) is 33.2 Å². The molecular weight excluding hydrogens is 364 g/mol. The van der Waals surface area contributed by atoms with Crippen molar-refractivity contribution in [2.24, 2.45) is 5.92 Å². The largest absolute Gasteiger partial charge is 0.381 e. The first-order valence-corrected chi connectivity index (χ1v) is 9.68. The smallest absolute Gasteiger partial charge is 0.263 e. The number of benzene rings is 1. The highest BCUT2D eigenvalue weighted by atomic mass is 32.2. The molecule has 6 nitrogen and oxygen atoms in total. The van der Waals surface area contributed by atoms with Gasteiger partial charge < -0.3 is 10.1 Å². The molecule has 1 atom stereocenters. The fraction of sp³-hybridized carbons (Fsp3) is 0.353. The number of rotatable bonds is 6. The van der Waals surface area contributed by atoms with E-state index in [0.29, 0.717) is 24.9 Å². The molecule has 0 aliphatic carbocycles. The van der Waals surface area contributed by atoms with Crippen LogP contribution < -0.4 is 10.0 Å². The van der Waals surface area contributed by atoms with Gasteiger partial charge in [0.05, 0.1) is 12.3 Å². The molecule has 140 valence electrons. The summed E-state index contributed by atoms with van der Waals surface area (Å²) in [5.74, 6) is -1.21. The Hall–Kier alpha value is -2.26. The van der Waals surface area contributed by atoms with Crippen molar-refractivity contribution in [1.29, 1.82) is 0 Å². The highest BCUT2D eigenvalue weighted by Crippen LogP contribution is 2.19. The molecule has 2 N–H and O–H groups in total. The maximum absolute atomic E-state index is 13.2. The van der Waals surface area contributed by atoms with Crippen LogP contribution in [0.4, 0.5) is 20.3 Å². The topological polar surface area (TPSA) is 80.3 Å². The van der Waals surface area contributed by atoms with Gasteiger partial charge in [0, 0.05) is 25.4 Å². The molecule has 0 amide bonds. The lowest BCUT2D eigenvalue weighted by Gasteiger charge is -2.22. The highest BCUT2D eigenvalue weighted by molar-refractivity contribution is 7.92. The molecule has 1 aliphatic heterocycles. The first-order valence-electron chi connectivity index (χ1n) is 8.19. The molecule has 1 aromatic heterocycles. The van der Waals surface area contributed by atoms with Gasteiger partial charge in [0.2, 0.25) is 0 Å². The minimum Gasteiger partial charge on any atom is -0.381 e. The van der Waals surface area contributed by atoms with Crippen LogP contribution in [0.1, 0.15) is 12.8 Å². The summed E-state index contributed by atoms with van der Waals surface area (Å²) in [7, 11) is -3.94. The molecule has 1 aromatic carbocycles. The first kappa shape index (κ1) is 18.5. The van der Waals surface area contributed by atoms with E-state index < -0.39 is 21.7 Å². The standard InChI is InChI=1S/C17H19F2N3O3S/c18-15-5-3-13(8-16(15)19)22-26(23,24)14-4-6-17(21-10-14)20-9-12-2-1-7-25-11-12/h3-6,8,10,12,22H,1-2,7,9,11H2,(H,20,21). The average Bonchev–Trinajstić information content (AvgIpc) is 2.64. The van der Waals surface area contributed by atoms with E-state index >= 15 is 0 Å². The van der Waals surface area contributed by atoms with Crippen LogP contribution in [0, 0.1) is 17.6 Å². The van der Waals surface area contributed by atoms with Gasteiger partial charge in [-0.25, -0.2) is 22.2 Å². The summed E-state index contributed by atoms with van der Waals surface area (Å²) in [6, 6.07) is 5.74. The van der Waals surface area contributed by atoms with E-state index in [0.717, 1.165) is 37.6 Å². The van der Waals surface area contributed by atoms with E-state index in [1.807, 2.05) is 0 Å². The number of nitrogens with zero attached hydrogens (tertiary/aromatic N) is 1. The van der Waals surface area contributed by atoms with Crippen molar-refractivity contribution in [1.82, 2.24) is 4.98 Å². The van der Waals surface area contributed by atoms with Crippen LogP contribution in [0.5, 0.6) is 0 Å². The van der Waals surface area contributed by atoms with Crippen molar-refractivity contribution in [3.05, 3.63) is 48.2 Å². The minimum atomic E-state index is -3.94. The fourth-order valence-electron chi connectivity index (χ4n) is 2.63. The predicted octanol–water partition coefficient (Wildman–Crippen LogP) is 3.00. The minimum absolute atomic E-state index is 0.0663. The fourth-order valence-corrected chi connectivity index (χ4v) is 3.63. The number of hydrogen-bond donors (Lipinski definition) is 2. The summed E-state index contributed by atoms with van der Waals surface area (Å²) < 4.78 is 58.4. The number of sulfonamides is 1. The molecule has 0 saturated carbocycles. The monoisotopic (exact) mass is 383 g/mol. The molecule has 1 fully saturated rings. The third-order valence-electron chi connectivity index (χ3n) is 4.04. The molecule has 2 aromatic rings. The number of aromatic nitrogens is 1. The molecule has 1 saturated heterocycles. The van der Waals surface area contributed by atoms with E-state index in [2.05, 4.69) is 15.0 Å². The van der Waals surface area contributed by atoms with Crippen LogP contribution in [0.2, 0.25) is 0 Å². The summed E-state index contributed by atoms with van der Waals surface area (Å²) >= 11 is 0. The Kier molecular flexibility index (Phi) is 5.67. The van der Waals surface area contributed by atoms with Gasteiger partial charge >= 0.3 is 0 Å². The van der Waals surface area contributed by atoms with E-state index in [1.54, 1.807) is 6.07 Å². The second kappa shape index (κ2) is 7.96. The highest BCUT2D eigenvalue weighted by Gasteiger charge is 2.17. The first-order chi connectivity index (χ1) is 12.4. The molecule has 1 unspecified atom stereocenters. The maximum Gasteiger partial charge on any atom is 0.263 e. The number of ether oxygens (including phenoxy) is 1. The SMILES string of the molecule is O=S(=O)(Nc1ccc(F)c(F)c1)c1ccc(NCC2CCCOC2)nc1. The lowest BCUT2D eigenvalue weighted by atomic mass is 10.0. The van der Waals surface area contributed by atoms with Gasteiger partial charge in [0.1, 0.15) is 10.7 Å². The van der Waals surface area contributed by atoms with Gasteiger partial charge in [-0.05, 0) is 43.0 Å². The van der Waals surface area contributed by atoms with Crippen molar-refractivity contribution in [3.8, 4) is 0 Å². The Morgan fingerprint density at radius 1 is 1.19 bits per heavy atom. The molecule has 26 heavy (non-hydrogen) atoms. The Morgan fingerprint density at radius 2 is 2.04 bits per heavy atom. The van der Waals surface area contributed by atoms with Crippen molar-refractivity contribution < 1.29 is 21.9 Å². The van der Waals surface area contributed by atoms with Crippen LogP contribution in [-0.2, 0) is 14.8 Å². The van der Waals surface area contributed by atoms with E-state index in [-0.39, 0.29) is 10.6 Å². The quantitative estimate of drug-likeness (QED) is 0.802. The summed E-state index contributed by atoms with van der Waals surface area (Å²) in [5, 5.41) is 3.16. The van der Waals surface area contributed by atoms with Crippen molar-refractivity contribution in [2.75, 3.05) is 29.8 Å². The Labute approximate surface area is 150 Å². The zero-order valence-electron chi connectivity index (χ0n) is 13.9. The van der Waals surface area contributed by atoms with Crippen molar-refractivity contribution in [2.45, 2.75) is 17.7 Å². The van der Waals surface area contributed by atoms with Gasteiger partial charge in [-0.2, -0.15) is 0 Å². The lowest BCUT2D eigenvalue weighted by Crippen LogP contribution is -2.24. The molecule has 9 heteroatoms. The predicted molar refractivity (Wildman–Crippen MR) is 93.4 cm³/mol. The molecule has 0 radical (unpaired) electrons. The Bertz CT molecular complexity index is 854. The third kappa shape index (κ3) is 4.67. The average molecular weight is 383 g/mol. The Balaban J connectivity index is 1.63. The van der Waals surface area contributed by atoms with Gasteiger partial charge in [0.25, 0.3) is 10.0 Å². The number of anilines is 2. The van der Waals surface area contributed by atoms with E-state index in [1.165, 1.54) is 12.3 Å². The number of pyridine rings is 1. The van der Waals surface area contributed by atoms with Gasteiger partial charge in [-0.15, -0.1) is 0 Å². The summed E-state index contributed by atoms with van der Waals surface area (Å²) in [4.78, 5) is 4.02. The third-order valence-corrected chi connectivity index (χ3v) is 5.41. The van der Waals surface area contributed by atoms with Gasteiger partial charge in [-0.1, -0.05) is 0 Å².